The molecule has 2 N–H and O–H groups in total. The van der Waals surface area contributed by atoms with E-state index in [0.717, 1.165) is 6.92 Å². The lowest BCUT2D eigenvalue weighted by Crippen LogP contribution is -2.62. The minimum atomic E-state index is -4.49. The van der Waals surface area contributed by atoms with E-state index in [2.05, 4.69) is 10.9 Å². The van der Waals surface area contributed by atoms with Crippen LogP contribution in [-0.2, 0) is 4.79 Å². The fraction of sp³-hybridized carbons (Fsp3) is 0.963. The van der Waals surface area contributed by atoms with Gasteiger partial charge in [0.2, 0.25) is 5.91 Å². The lowest BCUT2D eigenvalue weighted by Gasteiger charge is -2.45. The SMILES string of the molecule is C[C@@H](C1CC2C(=O)N(C3CCCC([C@@](C)(F)C(F)(F)C4NNCN4C)C3)CC2C(C(F)(F)F)C1)N1CC[C@H](F)C1. The van der Waals surface area contributed by atoms with E-state index in [0.29, 0.717) is 32.2 Å². The summed E-state index contributed by atoms with van der Waals surface area (Å²) >= 11 is 0. The third kappa shape index (κ3) is 5.25. The second-order valence-corrected chi connectivity index (χ2v) is 13.1. The molecule has 3 saturated heterocycles. The van der Waals surface area contributed by atoms with Crippen LogP contribution in [0.4, 0.5) is 30.7 Å². The monoisotopic (exact) mass is 585 g/mol. The number of fused-ring (bicyclic) bond motifs is 1. The molecule has 3 heterocycles. The number of rotatable bonds is 6. The van der Waals surface area contributed by atoms with Gasteiger partial charge in [-0.1, -0.05) is 6.42 Å². The van der Waals surface area contributed by atoms with Crippen LogP contribution in [0.5, 0.6) is 0 Å². The highest BCUT2D eigenvalue weighted by atomic mass is 19.4. The van der Waals surface area contributed by atoms with Crippen LogP contribution in [-0.4, -0.2) is 96.1 Å². The van der Waals surface area contributed by atoms with Gasteiger partial charge in [-0.05, 0) is 71.3 Å². The minimum Gasteiger partial charge on any atom is -0.339 e. The molecule has 230 valence electrons. The maximum Gasteiger partial charge on any atom is 0.392 e. The van der Waals surface area contributed by atoms with Crippen molar-refractivity contribution >= 4 is 5.91 Å². The maximum atomic E-state index is 16.0. The number of hydrogen-bond donors (Lipinski definition) is 2. The quantitative estimate of drug-likeness (QED) is 0.455. The van der Waals surface area contributed by atoms with Gasteiger partial charge in [0.15, 0.2) is 5.67 Å². The van der Waals surface area contributed by atoms with Crippen molar-refractivity contribution in [3.05, 3.63) is 0 Å². The molecule has 0 aromatic carbocycles. The predicted octanol–water partition coefficient (Wildman–Crippen LogP) is 4.33. The Kier molecular flexibility index (Phi) is 8.20. The van der Waals surface area contributed by atoms with E-state index in [1.807, 2.05) is 11.8 Å². The topological polar surface area (TPSA) is 50.9 Å². The molecule has 3 aliphatic heterocycles. The molecule has 2 saturated carbocycles. The molecule has 7 unspecified atom stereocenters. The largest absolute Gasteiger partial charge is 0.392 e. The molecule has 13 heteroatoms. The molecule has 1 amide bonds. The van der Waals surface area contributed by atoms with Gasteiger partial charge >= 0.3 is 12.1 Å². The molecule has 0 spiro atoms. The van der Waals surface area contributed by atoms with Crippen molar-refractivity contribution in [2.24, 2.45) is 29.6 Å². The van der Waals surface area contributed by atoms with Crippen molar-refractivity contribution in [1.29, 1.82) is 0 Å². The van der Waals surface area contributed by atoms with Gasteiger partial charge in [0.25, 0.3) is 0 Å². The number of hydrazine groups is 1. The summed E-state index contributed by atoms with van der Waals surface area (Å²) in [6.45, 7) is 3.46. The highest BCUT2D eigenvalue weighted by Gasteiger charge is 2.63. The van der Waals surface area contributed by atoms with Crippen LogP contribution in [0.15, 0.2) is 0 Å². The molecule has 0 aromatic rings. The number of nitrogens with one attached hydrogen (secondary N) is 2. The van der Waals surface area contributed by atoms with Gasteiger partial charge in [-0.25, -0.2) is 19.6 Å². The molecule has 0 aromatic heterocycles. The van der Waals surface area contributed by atoms with Crippen LogP contribution < -0.4 is 10.9 Å². The molecule has 0 bridgehead atoms. The normalized spacial score (nSPS) is 40.9. The molecule has 5 fully saturated rings. The van der Waals surface area contributed by atoms with Crippen molar-refractivity contribution in [2.45, 2.75) is 101 Å². The van der Waals surface area contributed by atoms with E-state index in [9.17, 15) is 22.4 Å². The average Bonchev–Trinajstić information content (AvgIpc) is 3.61. The van der Waals surface area contributed by atoms with Crippen LogP contribution in [0.3, 0.4) is 0 Å². The van der Waals surface area contributed by atoms with E-state index in [-0.39, 0.29) is 51.0 Å². The molecule has 5 rings (SSSR count). The Bertz CT molecular complexity index is 935. The Balaban J connectivity index is 1.32. The number of carbonyl (C=O) groups excluding carboxylic acids is 1. The van der Waals surface area contributed by atoms with E-state index >= 15 is 13.2 Å². The van der Waals surface area contributed by atoms with Crippen molar-refractivity contribution in [1.82, 2.24) is 25.6 Å². The zero-order chi connectivity index (χ0) is 29.2. The number of likely N-dealkylation sites (tertiary alicyclic amines) is 2. The van der Waals surface area contributed by atoms with Crippen molar-refractivity contribution in [3.8, 4) is 0 Å². The molecule has 40 heavy (non-hydrogen) atoms. The van der Waals surface area contributed by atoms with Crippen molar-refractivity contribution < 1.29 is 35.5 Å². The van der Waals surface area contributed by atoms with Crippen LogP contribution in [0, 0.1) is 29.6 Å². The van der Waals surface area contributed by atoms with Gasteiger partial charge in [0.05, 0.1) is 12.6 Å². The van der Waals surface area contributed by atoms with Crippen LogP contribution in [0.2, 0.25) is 0 Å². The van der Waals surface area contributed by atoms with Crippen LogP contribution in [0.25, 0.3) is 0 Å². The summed E-state index contributed by atoms with van der Waals surface area (Å²) in [5.74, 6) is -8.98. The van der Waals surface area contributed by atoms with E-state index < -0.39 is 65.7 Å². The summed E-state index contributed by atoms with van der Waals surface area (Å²) in [5.41, 5.74) is 2.16. The zero-order valence-corrected chi connectivity index (χ0v) is 23.4. The molecule has 5 aliphatic rings. The maximum absolute atomic E-state index is 16.0. The average molecular weight is 586 g/mol. The van der Waals surface area contributed by atoms with Gasteiger partial charge in [-0.15, -0.1) is 0 Å². The first-order valence-corrected chi connectivity index (χ1v) is 14.6. The third-order valence-electron chi connectivity index (χ3n) is 10.9. The zero-order valence-electron chi connectivity index (χ0n) is 23.4. The van der Waals surface area contributed by atoms with Gasteiger partial charge in [0.1, 0.15) is 12.3 Å². The molecule has 2 aliphatic carbocycles. The van der Waals surface area contributed by atoms with Gasteiger partial charge in [-0.3, -0.25) is 14.6 Å². The number of amides is 1. The molecular formula is C27H42F7N5O. The fourth-order valence-electron chi connectivity index (χ4n) is 8.27. The van der Waals surface area contributed by atoms with Gasteiger partial charge < -0.3 is 4.90 Å². The Morgan fingerprint density at radius 1 is 1.00 bits per heavy atom. The van der Waals surface area contributed by atoms with Crippen LogP contribution in [0.1, 0.15) is 58.8 Å². The number of nitrogens with zero attached hydrogens (tertiary/aromatic N) is 3. The van der Waals surface area contributed by atoms with E-state index in [4.69, 9.17) is 0 Å². The summed E-state index contributed by atoms with van der Waals surface area (Å²) in [6, 6.07) is -0.857. The summed E-state index contributed by atoms with van der Waals surface area (Å²) in [4.78, 5) is 18.3. The summed E-state index contributed by atoms with van der Waals surface area (Å²) in [6.07, 6.45) is -5.42. The Hall–Kier alpha value is -1.18. The summed E-state index contributed by atoms with van der Waals surface area (Å²) < 4.78 is 104. The highest BCUT2D eigenvalue weighted by molar-refractivity contribution is 5.82. The van der Waals surface area contributed by atoms with Crippen molar-refractivity contribution in [2.75, 3.05) is 33.4 Å². The second-order valence-electron chi connectivity index (χ2n) is 13.1. The van der Waals surface area contributed by atoms with E-state index in [1.54, 1.807) is 0 Å². The van der Waals surface area contributed by atoms with Crippen molar-refractivity contribution in [3.63, 3.8) is 0 Å². The lowest BCUT2D eigenvalue weighted by atomic mass is 9.67. The standard InChI is InChI=1S/C27H42F7N5O/c1-15(38-8-7-18(28)12-38)16-9-20-21(22(10-16)27(32,33)34)13-39(23(20)40)19-6-4-5-17(11-19)25(2,29)26(30,31)24-36-35-14-37(24)3/h15-22,24,35-36H,4-14H2,1-3H3/t15-,16?,17?,18-,19?,20?,21?,22?,24?,25+/m0/s1. The van der Waals surface area contributed by atoms with Crippen LogP contribution >= 0.6 is 0 Å². The molecule has 0 radical (unpaired) electrons. The fourth-order valence-corrected chi connectivity index (χ4v) is 8.27. The first-order valence-electron chi connectivity index (χ1n) is 14.6. The number of carbonyl (C=O) groups is 1. The number of alkyl halides is 7. The Morgan fingerprint density at radius 2 is 1.73 bits per heavy atom. The third-order valence-corrected chi connectivity index (χ3v) is 10.9. The predicted molar refractivity (Wildman–Crippen MR) is 134 cm³/mol. The number of halogens is 7. The smallest absolute Gasteiger partial charge is 0.339 e. The molecular weight excluding hydrogens is 543 g/mol. The minimum absolute atomic E-state index is 0.0141. The summed E-state index contributed by atoms with van der Waals surface area (Å²) in [7, 11) is 1.46. The molecule has 10 atom stereocenters. The first-order chi connectivity index (χ1) is 18.6. The lowest BCUT2D eigenvalue weighted by molar-refractivity contribution is -0.206. The van der Waals surface area contributed by atoms with E-state index in [1.165, 1.54) is 16.8 Å². The highest BCUT2D eigenvalue weighted by Crippen LogP contribution is 2.53. The first kappa shape index (κ1) is 30.3. The number of hydrogen-bond acceptors (Lipinski definition) is 5. The summed E-state index contributed by atoms with van der Waals surface area (Å²) in [5, 5.41) is 0. The second kappa shape index (κ2) is 10.8. The Morgan fingerprint density at radius 3 is 2.33 bits per heavy atom. The Labute approximate surface area is 231 Å². The van der Waals surface area contributed by atoms with Gasteiger partial charge in [-0.2, -0.15) is 22.0 Å². The van der Waals surface area contributed by atoms with Gasteiger partial charge in [0, 0.05) is 43.6 Å². The molecule has 6 nitrogen and oxygen atoms in total.